The molecule has 0 aromatic heterocycles. The maximum absolute atomic E-state index is 12.4. The summed E-state index contributed by atoms with van der Waals surface area (Å²) in [5, 5.41) is 0.691. The summed E-state index contributed by atoms with van der Waals surface area (Å²) in [6.07, 6.45) is 6.21. The lowest BCUT2D eigenvalue weighted by Gasteiger charge is -2.36. The maximum atomic E-state index is 12.4. The van der Waals surface area contributed by atoms with E-state index in [2.05, 4.69) is 16.4 Å². The highest BCUT2D eigenvalue weighted by atomic mass is 35.5. The zero-order valence-corrected chi connectivity index (χ0v) is 13.9. The van der Waals surface area contributed by atoms with Crippen molar-refractivity contribution in [3.63, 3.8) is 0 Å². The normalized spacial score (nSPS) is 22.2. The second kappa shape index (κ2) is 8.16. The zero-order chi connectivity index (χ0) is 15.2. The van der Waals surface area contributed by atoms with Gasteiger partial charge in [-0.3, -0.25) is 14.6 Å². The predicted molar refractivity (Wildman–Crippen MR) is 87.5 cm³/mol. The second-order valence-corrected chi connectivity index (χ2v) is 6.90. The van der Waals surface area contributed by atoms with Crippen molar-refractivity contribution in [2.45, 2.75) is 38.1 Å². The van der Waals surface area contributed by atoms with Crippen LogP contribution < -0.4 is 0 Å². The molecule has 1 aliphatic carbocycles. The molecule has 0 spiro atoms. The van der Waals surface area contributed by atoms with Gasteiger partial charge >= 0.3 is 0 Å². The number of nitrogens with zero attached hydrogens (tertiary/aromatic N) is 3. The molecule has 2 fully saturated rings. The third-order valence-corrected chi connectivity index (χ3v) is 4.85. The van der Waals surface area contributed by atoms with E-state index in [1.807, 2.05) is 11.9 Å². The molecule has 5 heteroatoms. The first-order valence-corrected chi connectivity index (χ1v) is 8.47. The van der Waals surface area contributed by atoms with Gasteiger partial charge in [-0.1, -0.05) is 37.4 Å². The minimum atomic E-state index is 0.275. The molecular formula is C16H28ClN3O. The van der Waals surface area contributed by atoms with E-state index in [1.54, 1.807) is 0 Å². The molecule has 0 N–H and O–H groups in total. The van der Waals surface area contributed by atoms with Crippen molar-refractivity contribution in [3.05, 3.63) is 11.6 Å². The zero-order valence-electron chi connectivity index (χ0n) is 13.2. The van der Waals surface area contributed by atoms with Gasteiger partial charge in [0.1, 0.15) is 0 Å². The van der Waals surface area contributed by atoms with E-state index in [9.17, 15) is 4.79 Å². The molecule has 1 aliphatic heterocycles. The van der Waals surface area contributed by atoms with Gasteiger partial charge in [0, 0.05) is 50.8 Å². The van der Waals surface area contributed by atoms with E-state index in [4.69, 9.17) is 11.6 Å². The minimum Gasteiger partial charge on any atom is -0.342 e. The molecule has 0 atom stereocenters. The number of carbonyl (C=O) groups excluding carboxylic acids is 1. The summed E-state index contributed by atoms with van der Waals surface area (Å²) >= 11 is 5.85. The largest absolute Gasteiger partial charge is 0.342 e. The fraction of sp³-hybridized carbons (Fsp3) is 0.812. The molecule has 1 saturated heterocycles. The summed E-state index contributed by atoms with van der Waals surface area (Å²) in [4.78, 5) is 18.9. The molecule has 1 amide bonds. The van der Waals surface area contributed by atoms with Crippen LogP contribution in [0.15, 0.2) is 11.6 Å². The highest BCUT2D eigenvalue weighted by molar-refractivity contribution is 6.29. The van der Waals surface area contributed by atoms with Crippen LogP contribution in [-0.4, -0.2) is 73.0 Å². The average Bonchev–Trinajstić information content (AvgIpc) is 2.49. The van der Waals surface area contributed by atoms with E-state index < -0.39 is 0 Å². The van der Waals surface area contributed by atoms with Gasteiger partial charge in [-0.2, -0.15) is 0 Å². The summed E-state index contributed by atoms with van der Waals surface area (Å²) in [5.41, 5.74) is 0. The van der Waals surface area contributed by atoms with E-state index in [0.717, 1.165) is 32.7 Å². The number of carbonyl (C=O) groups is 1. The van der Waals surface area contributed by atoms with Crippen molar-refractivity contribution < 1.29 is 4.79 Å². The van der Waals surface area contributed by atoms with Crippen molar-refractivity contribution in [1.29, 1.82) is 0 Å². The lowest BCUT2D eigenvalue weighted by atomic mass is 9.94. The monoisotopic (exact) mass is 313 g/mol. The van der Waals surface area contributed by atoms with Crippen LogP contribution >= 0.6 is 11.6 Å². The molecule has 2 rings (SSSR count). The summed E-state index contributed by atoms with van der Waals surface area (Å²) < 4.78 is 0. The number of amides is 1. The third kappa shape index (κ3) is 5.28. The molecule has 0 bridgehead atoms. The van der Waals surface area contributed by atoms with Gasteiger partial charge in [-0.05, 0) is 12.8 Å². The summed E-state index contributed by atoms with van der Waals surface area (Å²) in [6.45, 7) is 8.86. The first kappa shape index (κ1) is 16.8. The molecule has 21 heavy (non-hydrogen) atoms. The van der Waals surface area contributed by atoms with Gasteiger partial charge in [-0.25, -0.2) is 0 Å². The molecule has 0 aromatic carbocycles. The molecule has 0 aromatic rings. The van der Waals surface area contributed by atoms with Gasteiger partial charge < -0.3 is 4.90 Å². The number of hydrogen-bond acceptors (Lipinski definition) is 3. The minimum absolute atomic E-state index is 0.275. The highest BCUT2D eigenvalue weighted by Gasteiger charge is 2.25. The fourth-order valence-electron chi connectivity index (χ4n) is 3.32. The van der Waals surface area contributed by atoms with Crippen molar-refractivity contribution in [3.8, 4) is 0 Å². The van der Waals surface area contributed by atoms with Gasteiger partial charge in [0.15, 0.2) is 0 Å². The Morgan fingerprint density at radius 3 is 2.14 bits per heavy atom. The van der Waals surface area contributed by atoms with Crippen LogP contribution in [-0.2, 0) is 4.79 Å². The lowest BCUT2D eigenvalue weighted by Crippen LogP contribution is -2.51. The van der Waals surface area contributed by atoms with Gasteiger partial charge in [0.05, 0.1) is 6.54 Å². The average molecular weight is 314 g/mol. The first-order chi connectivity index (χ1) is 10.1. The van der Waals surface area contributed by atoms with Crippen LogP contribution in [0.5, 0.6) is 0 Å². The Kier molecular flexibility index (Phi) is 6.52. The summed E-state index contributed by atoms with van der Waals surface area (Å²) in [6, 6.07) is 0.465. The Labute approximate surface area is 133 Å². The quantitative estimate of drug-likeness (QED) is 0.778. The Hall–Kier alpha value is -0.580. The lowest BCUT2D eigenvalue weighted by molar-refractivity contribution is -0.134. The number of hydrogen-bond donors (Lipinski definition) is 0. The van der Waals surface area contributed by atoms with Crippen molar-refractivity contribution in [2.24, 2.45) is 0 Å². The topological polar surface area (TPSA) is 26.8 Å². The molecule has 0 unspecified atom stereocenters. The number of piperazine rings is 1. The summed E-state index contributed by atoms with van der Waals surface area (Å²) in [5.74, 6) is 0.275. The van der Waals surface area contributed by atoms with Gasteiger partial charge in [0.2, 0.25) is 5.91 Å². The Bertz CT molecular complexity index is 361. The number of likely N-dealkylation sites (N-methyl/N-ethyl adjacent to an activating group) is 1. The SMILES string of the molecule is C=C(Cl)CN1CCN(CC(=O)N(C)C2CCCCC2)CC1. The Balaban J connectivity index is 1.72. The molecular weight excluding hydrogens is 286 g/mol. The molecule has 0 radical (unpaired) electrons. The predicted octanol–water partition coefficient (Wildman–Crippen LogP) is 2.15. The molecule has 4 nitrogen and oxygen atoms in total. The number of rotatable bonds is 5. The Morgan fingerprint density at radius 1 is 1.10 bits per heavy atom. The number of halogens is 1. The molecule has 1 saturated carbocycles. The van der Waals surface area contributed by atoms with E-state index >= 15 is 0 Å². The molecule has 2 aliphatic rings. The fourth-order valence-corrected chi connectivity index (χ4v) is 3.49. The summed E-state index contributed by atoms with van der Waals surface area (Å²) in [7, 11) is 1.98. The van der Waals surface area contributed by atoms with Crippen molar-refractivity contribution >= 4 is 17.5 Å². The van der Waals surface area contributed by atoms with Crippen LogP contribution in [0.25, 0.3) is 0 Å². The van der Waals surface area contributed by atoms with Crippen LogP contribution in [0.1, 0.15) is 32.1 Å². The smallest absolute Gasteiger partial charge is 0.236 e. The Morgan fingerprint density at radius 2 is 1.62 bits per heavy atom. The maximum Gasteiger partial charge on any atom is 0.236 e. The highest BCUT2D eigenvalue weighted by Crippen LogP contribution is 2.21. The standard InChI is InChI=1S/C16H28ClN3O/c1-14(17)12-19-8-10-20(11-9-19)13-16(21)18(2)15-6-4-3-5-7-15/h15H,1,3-13H2,2H3. The first-order valence-electron chi connectivity index (χ1n) is 8.10. The van der Waals surface area contributed by atoms with Crippen LogP contribution in [0.3, 0.4) is 0 Å². The van der Waals surface area contributed by atoms with Crippen LogP contribution in [0.4, 0.5) is 0 Å². The van der Waals surface area contributed by atoms with Crippen molar-refractivity contribution in [2.75, 3.05) is 46.3 Å². The third-order valence-electron chi connectivity index (χ3n) is 4.73. The van der Waals surface area contributed by atoms with E-state index in [0.29, 0.717) is 17.6 Å². The van der Waals surface area contributed by atoms with Gasteiger partial charge in [0.25, 0.3) is 0 Å². The van der Waals surface area contributed by atoms with E-state index in [1.165, 1.54) is 32.1 Å². The van der Waals surface area contributed by atoms with Gasteiger partial charge in [-0.15, -0.1) is 0 Å². The van der Waals surface area contributed by atoms with Crippen LogP contribution in [0.2, 0.25) is 0 Å². The van der Waals surface area contributed by atoms with Crippen LogP contribution in [0, 0.1) is 0 Å². The second-order valence-electron chi connectivity index (χ2n) is 6.37. The molecule has 1 heterocycles. The van der Waals surface area contributed by atoms with Crippen molar-refractivity contribution in [1.82, 2.24) is 14.7 Å². The molecule has 120 valence electrons. The van der Waals surface area contributed by atoms with E-state index in [-0.39, 0.29) is 5.91 Å².